The van der Waals surface area contributed by atoms with Crippen molar-refractivity contribution in [3.8, 4) is 5.69 Å². The number of nitrogen functional groups attached to an aromatic ring is 1. The highest BCUT2D eigenvalue weighted by Crippen LogP contribution is 2.22. The molecule has 0 aliphatic heterocycles. The number of rotatable bonds is 4. The summed E-state index contributed by atoms with van der Waals surface area (Å²) in [5, 5.41) is 11.6. The summed E-state index contributed by atoms with van der Waals surface area (Å²) in [6.45, 7) is 3.97. The van der Waals surface area contributed by atoms with Gasteiger partial charge in [-0.2, -0.15) is 10.2 Å². The number of hydrogen-bond donors (Lipinski definition) is 2. The van der Waals surface area contributed by atoms with E-state index < -0.39 is 0 Å². The zero-order chi connectivity index (χ0) is 19.0. The Bertz CT molecular complexity index is 1140. The predicted molar refractivity (Wildman–Crippen MR) is 103 cm³/mol. The Morgan fingerprint density at radius 1 is 1.26 bits per heavy atom. The van der Waals surface area contributed by atoms with Crippen LogP contribution in [0.25, 0.3) is 11.3 Å². The van der Waals surface area contributed by atoms with Gasteiger partial charge in [0.25, 0.3) is 5.91 Å². The van der Waals surface area contributed by atoms with Gasteiger partial charge in [-0.25, -0.2) is 14.2 Å². The molecule has 0 atom stereocenters. The van der Waals surface area contributed by atoms with Crippen molar-refractivity contribution in [2.45, 2.75) is 20.3 Å². The van der Waals surface area contributed by atoms with Crippen molar-refractivity contribution >= 4 is 23.2 Å². The third-order valence-corrected chi connectivity index (χ3v) is 4.31. The number of amides is 1. The first-order valence-corrected chi connectivity index (χ1v) is 8.63. The van der Waals surface area contributed by atoms with Gasteiger partial charge in [0.1, 0.15) is 17.2 Å². The lowest BCUT2D eigenvalue weighted by Crippen LogP contribution is -2.16. The quantitative estimate of drug-likeness (QED) is 0.581. The van der Waals surface area contributed by atoms with E-state index in [0.29, 0.717) is 22.8 Å². The van der Waals surface area contributed by atoms with Crippen LogP contribution in [0.1, 0.15) is 28.5 Å². The third-order valence-electron chi connectivity index (χ3n) is 4.31. The predicted octanol–water partition coefficient (Wildman–Crippen LogP) is 2.62. The van der Waals surface area contributed by atoms with Gasteiger partial charge in [-0.3, -0.25) is 4.79 Å². The highest BCUT2D eigenvalue weighted by Gasteiger charge is 2.18. The third kappa shape index (κ3) is 3.01. The van der Waals surface area contributed by atoms with Crippen LogP contribution in [0, 0.1) is 6.92 Å². The number of carbonyl (C=O) groups is 1. The molecular weight excluding hydrogens is 342 g/mol. The Kier molecular flexibility index (Phi) is 4.08. The lowest BCUT2D eigenvalue weighted by molar-refractivity contribution is 0.102. The molecule has 0 saturated carbocycles. The van der Waals surface area contributed by atoms with Gasteiger partial charge in [0, 0.05) is 12.3 Å². The van der Waals surface area contributed by atoms with Gasteiger partial charge in [0.2, 0.25) is 0 Å². The van der Waals surface area contributed by atoms with Crippen LogP contribution in [0.4, 0.5) is 11.6 Å². The molecule has 8 nitrogen and oxygen atoms in total. The van der Waals surface area contributed by atoms with Crippen molar-refractivity contribution in [3.05, 3.63) is 65.6 Å². The molecule has 4 rings (SSSR count). The van der Waals surface area contributed by atoms with E-state index in [-0.39, 0.29) is 5.91 Å². The number of nitrogens with two attached hydrogens (primary N) is 1. The first-order valence-electron chi connectivity index (χ1n) is 8.63. The minimum atomic E-state index is -0.321. The lowest BCUT2D eigenvalue weighted by Gasteiger charge is -2.12. The maximum absolute atomic E-state index is 12.9. The summed E-state index contributed by atoms with van der Waals surface area (Å²) < 4.78 is 3.26. The molecule has 0 aliphatic rings. The first kappa shape index (κ1) is 16.8. The van der Waals surface area contributed by atoms with E-state index in [0.717, 1.165) is 23.4 Å². The number of nitrogens with zero attached hydrogens (tertiary/aromatic N) is 5. The van der Waals surface area contributed by atoms with Crippen LogP contribution >= 0.6 is 0 Å². The summed E-state index contributed by atoms with van der Waals surface area (Å²) in [6, 6.07) is 11.4. The minimum Gasteiger partial charge on any atom is -0.384 e. The molecule has 1 aromatic carbocycles. The van der Waals surface area contributed by atoms with Crippen molar-refractivity contribution in [3.63, 3.8) is 0 Å². The van der Waals surface area contributed by atoms with Crippen molar-refractivity contribution in [2.24, 2.45) is 0 Å². The summed E-state index contributed by atoms with van der Waals surface area (Å²) in [4.78, 5) is 17.1. The maximum atomic E-state index is 12.9. The summed E-state index contributed by atoms with van der Waals surface area (Å²) in [5.74, 6) is 0.592. The number of aryl methyl sites for hydroxylation is 2. The molecule has 4 aromatic rings. The molecular formula is C19H19N7O. The fourth-order valence-electron chi connectivity index (χ4n) is 3.02. The summed E-state index contributed by atoms with van der Waals surface area (Å²) in [5.41, 5.74) is 9.37. The molecule has 3 heterocycles. The molecule has 3 aromatic heterocycles. The lowest BCUT2D eigenvalue weighted by atomic mass is 10.1. The van der Waals surface area contributed by atoms with Gasteiger partial charge in [-0.15, -0.1) is 0 Å². The molecule has 0 aliphatic carbocycles. The van der Waals surface area contributed by atoms with E-state index in [9.17, 15) is 4.79 Å². The van der Waals surface area contributed by atoms with Gasteiger partial charge in [-0.05, 0) is 31.0 Å². The van der Waals surface area contributed by atoms with E-state index in [2.05, 4.69) is 33.5 Å². The van der Waals surface area contributed by atoms with Crippen molar-refractivity contribution < 1.29 is 4.79 Å². The zero-order valence-corrected chi connectivity index (χ0v) is 15.0. The van der Waals surface area contributed by atoms with Gasteiger partial charge in [0.05, 0.1) is 17.6 Å². The maximum Gasteiger partial charge on any atom is 0.262 e. The summed E-state index contributed by atoms with van der Waals surface area (Å²) >= 11 is 0. The minimum absolute atomic E-state index is 0.321. The van der Waals surface area contributed by atoms with Crippen LogP contribution in [0.3, 0.4) is 0 Å². The molecule has 0 unspecified atom stereocenters. The molecule has 27 heavy (non-hydrogen) atoms. The highest BCUT2D eigenvalue weighted by molar-refractivity contribution is 6.08. The largest absolute Gasteiger partial charge is 0.384 e. The van der Waals surface area contributed by atoms with Crippen molar-refractivity contribution in [1.29, 1.82) is 0 Å². The number of nitrogens with one attached hydrogen (secondary N) is 1. The fourth-order valence-corrected chi connectivity index (χ4v) is 3.02. The van der Waals surface area contributed by atoms with Crippen LogP contribution in [0.15, 0.2) is 48.8 Å². The Morgan fingerprint density at radius 3 is 2.89 bits per heavy atom. The monoisotopic (exact) mass is 361 g/mol. The second kappa shape index (κ2) is 6.56. The normalized spacial score (nSPS) is 11.0. The van der Waals surface area contributed by atoms with E-state index in [1.807, 2.05) is 31.2 Å². The van der Waals surface area contributed by atoms with Gasteiger partial charge < -0.3 is 11.1 Å². The Hall–Kier alpha value is -3.68. The average molecular weight is 361 g/mol. The van der Waals surface area contributed by atoms with Crippen LogP contribution in [0.5, 0.6) is 0 Å². The summed E-state index contributed by atoms with van der Waals surface area (Å²) in [6.07, 6.45) is 4.00. The average Bonchev–Trinajstić information content (AvgIpc) is 3.24. The molecule has 136 valence electrons. The second-order valence-corrected chi connectivity index (χ2v) is 6.20. The molecule has 3 N–H and O–H groups in total. The highest BCUT2D eigenvalue weighted by atomic mass is 16.1. The smallest absolute Gasteiger partial charge is 0.262 e. The molecule has 0 radical (unpaired) electrons. The van der Waals surface area contributed by atoms with Crippen molar-refractivity contribution in [1.82, 2.24) is 24.4 Å². The van der Waals surface area contributed by atoms with Crippen LogP contribution in [-0.2, 0) is 6.42 Å². The Labute approximate surface area is 155 Å². The molecule has 0 spiro atoms. The van der Waals surface area contributed by atoms with Gasteiger partial charge >= 0.3 is 0 Å². The number of carbonyl (C=O) groups excluding carboxylic acids is 1. The number of anilines is 2. The Morgan fingerprint density at radius 2 is 2.07 bits per heavy atom. The van der Waals surface area contributed by atoms with Crippen LogP contribution in [0.2, 0.25) is 0 Å². The van der Waals surface area contributed by atoms with E-state index in [1.165, 1.54) is 10.7 Å². The van der Waals surface area contributed by atoms with E-state index in [4.69, 9.17) is 5.73 Å². The molecule has 0 bridgehead atoms. The Balaban J connectivity index is 1.73. The first-order chi connectivity index (χ1) is 13.1. The van der Waals surface area contributed by atoms with E-state index in [1.54, 1.807) is 16.9 Å². The second-order valence-electron chi connectivity index (χ2n) is 6.20. The fraction of sp³-hybridized carbons (Fsp3) is 0.158. The number of fused-ring (bicyclic) bond motifs is 1. The molecule has 1 amide bonds. The van der Waals surface area contributed by atoms with Crippen LogP contribution < -0.4 is 11.1 Å². The molecule has 8 heteroatoms. The SMILES string of the molecule is CCc1ccccc1-n1nc(C)cc1NC(=O)c1cnn2ccc(N)nc12. The topological polar surface area (TPSA) is 103 Å². The van der Waals surface area contributed by atoms with E-state index >= 15 is 0 Å². The summed E-state index contributed by atoms with van der Waals surface area (Å²) in [7, 11) is 0. The van der Waals surface area contributed by atoms with Gasteiger partial charge in [0.15, 0.2) is 5.65 Å². The molecule has 0 saturated heterocycles. The van der Waals surface area contributed by atoms with Crippen molar-refractivity contribution in [2.75, 3.05) is 11.1 Å². The van der Waals surface area contributed by atoms with Gasteiger partial charge in [-0.1, -0.05) is 25.1 Å². The standard InChI is InChI=1S/C19H19N7O/c1-3-13-6-4-5-7-15(13)26-17(10-12(2)24-26)23-19(27)14-11-21-25-9-8-16(20)22-18(14)25/h4-11H,3H2,1-2H3,(H2,20,22)(H,23,27). The zero-order valence-electron chi connectivity index (χ0n) is 15.0. The number of benzene rings is 1. The van der Waals surface area contributed by atoms with Crippen LogP contribution in [-0.4, -0.2) is 30.3 Å². The number of hydrogen-bond acceptors (Lipinski definition) is 5. The number of aromatic nitrogens is 5. The number of para-hydroxylation sites is 1. The molecule has 0 fully saturated rings.